The largest absolute Gasteiger partial charge is 0.496 e. The fraction of sp³-hybridized carbons (Fsp3) is 0.500. The van der Waals surface area contributed by atoms with Crippen molar-refractivity contribution in [1.29, 1.82) is 0 Å². The Morgan fingerprint density at radius 3 is 2.85 bits per heavy atom. The number of nitrogens with zero attached hydrogens (tertiary/aromatic N) is 1. The molecule has 1 rings (SSSR count). The number of halogens is 1. The third-order valence-corrected chi connectivity index (χ3v) is 3.45. The summed E-state index contributed by atoms with van der Waals surface area (Å²) in [5, 5.41) is 7.18. The highest BCUT2D eigenvalue weighted by molar-refractivity contribution is 7.98. The normalized spacial score (nSPS) is 11.3. The highest BCUT2D eigenvalue weighted by Crippen LogP contribution is 2.23. The quantitative estimate of drug-likeness (QED) is 0.461. The molecule has 1 aromatic carbocycles. The minimum Gasteiger partial charge on any atom is -0.496 e. The van der Waals surface area contributed by atoms with Gasteiger partial charge in [-0.05, 0) is 25.3 Å². The number of rotatable bonds is 7. The van der Waals surface area contributed by atoms with Crippen molar-refractivity contribution in [2.75, 3.05) is 32.2 Å². The van der Waals surface area contributed by atoms with Gasteiger partial charge in [-0.25, -0.2) is 4.99 Å². The van der Waals surface area contributed by atoms with Crippen LogP contribution in [0.5, 0.6) is 5.75 Å². The molecule has 20 heavy (non-hydrogen) atoms. The van der Waals surface area contributed by atoms with Gasteiger partial charge in [0.2, 0.25) is 0 Å². The van der Waals surface area contributed by atoms with Crippen molar-refractivity contribution in [3.05, 3.63) is 28.8 Å². The van der Waals surface area contributed by atoms with E-state index in [0.717, 1.165) is 36.1 Å². The summed E-state index contributed by atoms with van der Waals surface area (Å²) in [6, 6.07) is 5.60. The van der Waals surface area contributed by atoms with E-state index in [1.54, 1.807) is 24.9 Å². The van der Waals surface area contributed by atoms with Crippen molar-refractivity contribution in [1.82, 2.24) is 10.6 Å². The Morgan fingerprint density at radius 2 is 2.20 bits per heavy atom. The number of hydrogen-bond acceptors (Lipinski definition) is 3. The second-order valence-corrected chi connectivity index (χ2v) is 5.49. The molecule has 1 aromatic rings. The molecule has 0 saturated carbocycles. The van der Waals surface area contributed by atoms with Crippen molar-refractivity contribution < 1.29 is 4.74 Å². The first kappa shape index (κ1) is 17.0. The highest BCUT2D eigenvalue weighted by atomic mass is 35.5. The zero-order valence-electron chi connectivity index (χ0n) is 12.2. The number of hydrogen-bond donors (Lipinski definition) is 2. The summed E-state index contributed by atoms with van der Waals surface area (Å²) in [6.07, 6.45) is 2.09. The van der Waals surface area contributed by atoms with E-state index in [4.69, 9.17) is 16.3 Å². The van der Waals surface area contributed by atoms with E-state index in [1.165, 1.54) is 0 Å². The molecule has 0 amide bonds. The molecule has 0 atom stereocenters. The monoisotopic (exact) mass is 315 g/mol. The van der Waals surface area contributed by atoms with Gasteiger partial charge < -0.3 is 15.4 Å². The smallest absolute Gasteiger partial charge is 0.191 e. The number of benzene rings is 1. The molecule has 0 aliphatic carbocycles. The van der Waals surface area contributed by atoms with Crippen molar-refractivity contribution in [2.24, 2.45) is 4.99 Å². The third-order valence-electron chi connectivity index (χ3n) is 2.60. The number of ether oxygens (including phenoxy) is 1. The Kier molecular flexibility index (Phi) is 8.30. The van der Waals surface area contributed by atoms with Crippen molar-refractivity contribution in [3.8, 4) is 5.75 Å². The first-order chi connectivity index (χ1) is 9.71. The lowest BCUT2D eigenvalue weighted by atomic mass is 10.2. The summed E-state index contributed by atoms with van der Waals surface area (Å²) in [5.41, 5.74) is 1.01. The maximum atomic E-state index is 5.95. The highest BCUT2D eigenvalue weighted by Gasteiger charge is 2.04. The molecule has 0 radical (unpaired) electrons. The van der Waals surface area contributed by atoms with Crippen LogP contribution in [0.15, 0.2) is 23.2 Å². The number of nitrogens with one attached hydrogen (secondary N) is 2. The fourth-order valence-electron chi connectivity index (χ4n) is 1.63. The van der Waals surface area contributed by atoms with Crippen molar-refractivity contribution >= 4 is 29.3 Å². The molecule has 112 valence electrons. The molecule has 0 fully saturated rings. The Morgan fingerprint density at radius 1 is 1.40 bits per heavy atom. The second-order valence-electron chi connectivity index (χ2n) is 4.07. The van der Waals surface area contributed by atoms with Crippen LogP contribution in [0.3, 0.4) is 0 Å². The van der Waals surface area contributed by atoms with E-state index < -0.39 is 0 Å². The van der Waals surface area contributed by atoms with E-state index in [0.29, 0.717) is 11.6 Å². The average Bonchev–Trinajstić information content (AvgIpc) is 2.45. The van der Waals surface area contributed by atoms with Gasteiger partial charge in [0, 0.05) is 29.4 Å². The SMILES string of the molecule is CCNC(=NCc1ccc(Cl)cc1OC)NCCSC. The van der Waals surface area contributed by atoms with Gasteiger partial charge in [0.15, 0.2) is 5.96 Å². The first-order valence-corrected chi connectivity index (χ1v) is 8.32. The minimum absolute atomic E-state index is 0.551. The van der Waals surface area contributed by atoms with Crippen LogP contribution < -0.4 is 15.4 Å². The zero-order chi connectivity index (χ0) is 14.8. The number of methoxy groups -OCH3 is 1. The van der Waals surface area contributed by atoms with E-state index >= 15 is 0 Å². The lowest BCUT2D eigenvalue weighted by Gasteiger charge is -2.11. The molecule has 4 nitrogen and oxygen atoms in total. The van der Waals surface area contributed by atoms with Gasteiger partial charge in [-0.3, -0.25) is 0 Å². The third kappa shape index (κ3) is 5.92. The Bertz CT molecular complexity index is 440. The van der Waals surface area contributed by atoms with Crippen molar-refractivity contribution in [3.63, 3.8) is 0 Å². The van der Waals surface area contributed by atoms with Crippen LogP contribution in [0.1, 0.15) is 12.5 Å². The number of thioether (sulfide) groups is 1. The molecular formula is C14H22ClN3OS. The summed E-state index contributed by atoms with van der Waals surface area (Å²) in [7, 11) is 1.64. The summed E-state index contributed by atoms with van der Waals surface area (Å²) < 4.78 is 5.32. The molecule has 2 N–H and O–H groups in total. The van der Waals surface area contributed by atoms with Gasteiger partial charge in [0.25, 0.3) is 0 Å². The first-order valence-electron chi connectivity index (χ1n) is 6.54. The molecule has 0 unspecified atom stereocenters. The summed E-state index contributed by atoms with van der Waals surface area (Å²) >= 11 is 7.75. The van der Waals surface area contributed by atoms with E-state index in [1.807, 2.05) is 12.1 Å². The summed E-state index contributed by atoms with van der Waals surface area (Å²) in [6.45, 7) is 4.33. The average molecular weight is 316 g/mol. The molecule has 0 saturated heterocycles. The van der Waals surface area contributed by atoms with Crippen LogP contribution in [0.4, 0.5) is 0 Å². The van der Waals surface area contributed by atoms with Crippen LogP contribution in [-0.4, -0.2) is 38.2 Å². The zero-order valence-corrected chi connectivity index (χ0v) is 13.8. The van der Waals surface area contributed by atoms with Crippen LogP contribution in [0.2, 0.25) is 5.02 Å². The Hall–Kier alpha value is -1.07. The lowest BCUT2D eigenvalue weighted by Crippen LogP contribution is -2.38. The number of guanidine groups is 1. The van der Waals surface area contributed by atoms with Gasteiger partial charge in [-0.2, -0.15) is 11.8 Å². The van der Waals surface area contributed by atoms with Gasteiger partial charge in [-0.1, -0.05) is 17.7 Å². The lowest BCUT2D eigenvalue weighted by molar-refractivity contribution is 0.410. The van der Waals surface area contributed by atoms with E-state index in [2.05, 4.69) is 28.8 Å². The van der Waals surface area contributed by atoms with Crippen molar-refractivity contribution in [2.45, 2.75) is 13.5 Å². The molecule has 0 bridgehead atoms. The Balaban J connectivity index is 2.70. The van der Waals surface area contributed by atoms with Crippen LogP contribution >= 0.6 is 23.4 Å². The fourth-order valence-corrected chi connectivity index (χ4v) is 2.09. The molecule has 0 spiro atoms. The van der Waals surface area contributed by atoms with Gasteiger partial charge in [0.05, 0.1) is 13.7 Å². The van der Waals surface area contributed by atoms with E-state index in [9.17, 15) is 0 Å². The molecule has 0 aromatic heterocycles. The maximum absolute atomic E-state index is 5.95. The standard InChI is InChI=1S/C14H22ClN3OS/c1-4-16-14(17-7-8-20-3)18-10-11-5-6-12(15)9-13(11)19-2/h5-6,9H,4,7-8,10H2,1-3H3,(H2,16,17,18). The van der Waals surface area contributed by atoms with Gasteiger partial charge in [-0.15, -0.1) is 0 Å². The van der Waals surface area contributed by atoms with Gasteiger partial charge in [0.1, 0.15) is 5.75 Å². The number of aliphatic imine (C=N–C) groups is 1. The minimum atomic E-state index is 0.551. The predicted molar refractivity (Wildman–Crippen MR) is 89.2 cm³/mol. The molecule has 0 heterocycles. The second kappa shape index (κ2) is 9.77. The van der Waals surface area contributed by atoms with Crippen LogP contribution in [0, 0.1) is 0 Å². The summed E-state index contributed by atoms with van der Waals surface area (Å²) in [4.78, 5) is 4.56. The summed E-state index contributed by atoms with van der Waals surface area (Å²) in [5.74, 6) is 2.63. The van der Waals surface area contributed by atoms with Crippen LogP contribution in [0.25, 0.3) is 0 Å². The molecule has 6 heteroatoms. The Labute approximate surface area is 130 Å². The maximum Gasteiger partial charge on any atom is 0.191 e. The topological polar surface area (TPSA) is 45.7 Å². The molecule has 0 aliphatic rings. The molecule has 0 aliphatic heterocycles. The molecular weight excluding hydrogens is 294 g/mol. The predicted octanol–water partition coefficient (Wildman–Crippen LogP) is 2.77. The van der Waals surface area contributed by atoms with E-state index in [-0.39, 0.29) is 0 Å². The van der Waals surface area contributed by atoms with Gasteiger partial charge >= 0.3 is 0 Å². The van der Waals surface area contributed by atoms with Crippen LogP contribution in [-0.2, 0) is 6.54 Å².